The molecule has 1 aliphatic carbocycles. The third kappa shape index (κ3) is 3.01. The number of benzene rings is 5. The van der Waals surface area contributed by atoms with Crippen LogP contribution in [-0.2, 0) is 6.42 Å². The quantitative estimate of drug-likeness (QED) is 0.235. The van der Waals surface area contributed by atoms with Crippen molar-refractivity contribution in [3.63, 3.8) is 0 Å². The number of rotatable bonds is 3. The first-order valence-corrected chi connectivity index (χ1v) is 13.4. The number of para-hydroxylation sites is 5. The Balaban J connectivity index is 1.45. The lowest BCUT2D eigenvalue weighted by Crippen LogP contribution is -2.04. The van der Waals surface area contributed by atoms with Gasteiger partial charge in [0.2, 0.25) is 0 Å². The lowest BCUT2D eigenvalue weighted by Gasteiger charge is -2.19. The van der Waals surface area contributed by atoms with E-state index in [4.69, 9.17) is 0 Å². The Morgan fingerprint density at radius 1 is 0.447 bits per heavy atom. The molecule has 2 aromatic heterocycles. The minimum absolute atomic E-state index is 1.08. The van der Waals surface area contributed by atoms with Gasteiger partial charge >= 0.3 is 0 Å². The fourth-order valence-electron chi connectivity index (χ4n) is 6.42. The van der Waals surface area contributed by atoms with E-state index in [1.54, 1.807) is 0 Å². The van der Waals surface area contributed by atoms with Crippen LogP contribution in [0.5, 0.6) is 0 Å². The van der Waals surface area contributed by atoms with Crippen LogP contribution in [0.1, 0.15) is 17.7 Å². The van der Waals surface area contributed by atoms with Crippen molar-refractivity contribution >= 4 is 38.8 Å². The zero-order chi connectivity index (χ0) is 25.1. The van der Waals surface area contributed by atoms with E-state index in [-0.39, 0.29) is 0 Å². The second-order valence-corrected chi connectivity index (χ2v) is 10.1. The first-order chi connectivity index (χ1) is 18.9. The molecule has 8 rings (SSSR count). The molecule has 2 heterocycles. The summed E-state index contributed by atoms with van der Waals surface area (Å²) in [4.78, 5) is 0. The van der Waals surface area contributed by atoms with Gasteiger partial charge in [-0.3, -0.25) is 0 Å². The molecule has 0 saturated carbocycles. The second-order valence-electron chi connectivity index (χ2n) is 10.1. The lowest BCUT2D eigenvalue weighted by molar-refractivity contribution is 0.968. The topological polar surface area (TPSA) is 9.86 Å². The lowest BCUT2D eigenvalue weighted by atomic mass is 10.00. The fourth-order valence-corrected chi connectivity index (χ4v) is 6.42. The summed E-state index contributed by atoms with van der Waals surface area (Å²) in [6, 6.07) is 44.0. The van der Waals surface area contributed by atoms with Crippen LogP contribution in [0.3, 0.4) is 0 Å². The van der Waals surface area contributed by atoms with Crippen LogP contribution in [0, 0.1) is 0 Å². The number of fused-ring (bicyclic) bond motifs is 6. The summed E-state index contributed by atoms with van der Waals surface area (Å²) < 4.78 is 4.90. The van der Waals surface area contributed by atoms with E-state index < -0.39 is 0 Å². The minimum Gasteiger partial charge on any atom is -0.309 e. The highest BCUT2D eigenvalue weighted by molar-refractivity contribution is 6.09. The van der Waals surface area contributed by atoms with Crippen molar-refractivity contribution in [2.45, 2.75) is 12.8 Å². The van der Waals surface area contributed by atoms with Crippen molar-refractivity contribution in [2.75, 3.05) is 0 Å². The van der Waals surface area contributed by atoms with Crippen LogP contribution in [0.25, 0.3) is 61.3 Å². The fraction of sp³-hybridized carbons (Fsp3) is 0.0556. The molecule has 0 radical (unpaired) electrons. The highest BCUT2D eigenvalue weighted by Gasteiger charge is 2.21. The van der Waals surface area contributed by atoms with E-state index in [1.165, 1.54) is 66.5 Å². The molecule has 0 amide bonds. The molecule has 0 saturated heterocycles. The van der Waals surface area contributed by atoms with Gasteiger partial charge in [0.1, 0.15) is 0 Å². The largest absolute Gasteiger partial charge is 0.309 e. The highest BCUT2D eigenvalue weighted by Crippen LogP contribution is 2.40. The average molecular weight is 487 g/mol. The molecular weight excluding hydrogens is 460 g/mol. The third-order valence-corrected chi connectivity index (χ3v) is 8.02. The van der Waals surface area contributed by atoms with Gasteiger partial charge in [0.15, 0.2) is 0 Å². The van der Waals surface area contributed by atoms with Crippen LogP contribution >= 0.6 is 0 Å². The Morgan fingerprint density at radius 3 is 1.55 bits per heavy atom. The van der Waals surface area contributed by atoms with Crippen LogP contribution in [0.15, 0.2) is 127 Å². The van der Waals surface area contributed by atoms with Crippen LogP contribution in [0.4, 0.5) is 0 Å². The Morgan fingerprint density at radius 2 is 0.921 bits per heavy atom. The molecule has 0 N–H and O–H groups in total. The molecule has 0 atom stereocenters. The van der Waals surface area contributed by atoms with Gasteiger partial charge in [-0.15, -0.1) is 0 Å². The first kappa shape index (κ1) is 21.3. The van der Waals surface area contributed by atoms with Gasteiger partial charge in [0, 0.05) is 33.0 Å². The van der Waals surface area contributed by atoms with E-state index in [9.17, 15) is 0 Å². The van der Waals surface area contributed by atoms with Crippen LogP contribution < -0.4 is 0 Å². The molecule has 0 unspecified atom stereocenters. The van der Waals surface area contributed by atoms with Gasteiger partial charge in [-0.1, -0.05) is 97.1 Å². The Hall–Kier alpha value is -4.82. The van der Waals surface area contributed by atoms with Crippen LogP contribution in [0.2, 0.25) is 0 Å². The van der Waals surface area contributed by atoms with E-state index >= 15 is 0 Å². The summed E-state index contributed by atoms with van der Waals surface area (Å²) in [5.41, 5.74) is 11.3. The van der Waals surface area contributed by atoms with E-state index in [2.05, 4.69) is 143 Å². The molecule has 0 fully saturated rings. The third-order valence-electron chi connectivity index (χ3n) is 8.02. The van der Waals surface area contributed by atoms with Crippen molar-refractivity contribution in [1.29, 1.82) is 0 Å². The van der Waals surface area contributed by atoms with Crippen LogP contribution in [-0.4, -0.2) is 9.13 Å². The number of nitrogens with zero attached hydrogens (tertiary/aromatic N) is 2. The molecule has 0 bridgehead atoms. The first-order valence-electron chi connectivity index (χ1n) is 13.4. The molecule has 180 valence electrons. The maximum Gasteiger partial charge on any atom is 0.0541 e. The molecule has 7 aromatic rings. The molecule has 1 aliphatic rings. The Bertz CT molecular complexity index is 1980. The van der Waals surface area contributed by atoms with Crippen molar-refractivity contribution in [3.05, 3.63) is 139 Å². The predicted octanol–water partition coefficient (Wildman–Crippen LogP) is 9.35. The summed E-state index contributed by atoms with van der Waals surface area (Å²) in [5.74, 6) is 0. The smallest absolute Gasteiger partial charge is 0.0541 e. The van der Waals surface area contributed by atoms with Crippen molar-refractivity contribution < 1.29 is 0 Å². The Labute approximate surface area is 221 Å². The van der Waals surface area contributed by atoms with E-state index in [1.807, 2.05) is 0 Å². The number of aromatic nitrogens is 2. The summed E-state index contributed by atoms with van der Waals surface area (Å²) in [6.07, 6.45) is 6.81. The molecule has 38 heavy (non-hydrogen) atoms. The molecule has 0 spiro atoms. The zero-order valence-electron chi connectivity index (χ0n) is 21.0. The van der Waals surface area contributed by atoms with Crippen molar-refractivity contribution in [3.8, 4) is 22.5 Å². The van der Waals surface area contributed by atoms with Crippen molar-refractivity contribution in [2.24, 2.45) is 0 Å². The zero-order valence-corrected chi connectivity index (χ0v) is 21.0. The van der Waals surface area contributed by atoms with Gasteiger partial charge in [-0.2, -0.15) is 0 Å². The monoisotopic (exact) mass is 486 g/mol. The summed E-state index contributed by atoms with van der Waals surface area (Å²) in [5, 5.41) is 3.92. The number of hydrogen-bond acceptors (Lipinski definition) is 0. The molecule has 2 heteroatoms. The minimum atomic E-state index is 1.08. The van der Waals surface area contributed by atoms with E-state index in [0.29, 0.717) is 0 Å². The second kappa shape index (κ2) is 8.36. The van der Waals surface area contributed by atoms with Gasteiger partial charge < -0.3 is 9.13 Å². The van der Waals surface area contributed by atoms with Crippen molar-refractivity contribution in [1.82, 2.24) is 9.13 Å². The SMILES string of the molecule is C1=Cc2c(c3ccccc3n2-c2ccccc2-c2ccccc2-n2c3ccccc3c3ccccc32)CC1. The molecule has 5 aromatic carbocycles. The highest BCUT2D eigenvalue weighted by atomic mass is 15.0. The number of hydrogen-bond donors (Lipinski definition) is 0. The van der Waals surface area contributed by atoms with Gasteiger partial charge in [0.25, 0.3) is 0 Å². The average Bonchev–Trinajstić information content (AvgIpc) is 3.50. The normalized spacial score (nSPS) is 12.9. The predicted molar refractivity (Wildman–Crippen MR) is 160 cm³/mol. The molecule has 2 nitrogen and oxygen atoms in total. The standard InChI is InChI=1S/C36H26N2/c1-7-19-31-25(13-1)26-14-2-8-20-32(26)37(31)35-23-11-5-17-29(35)30-18-6-12-24-36(30)38-33-21-9-3-15-27(33)28-16-4-10-22-34(28)38/h1-3,5-15,17-24H,4,16H2. The Kier molecular flexibility index (Phi) is 4.68. The van der Waals surface area contributed by atoms with Gasteiger partial charge in [-0.25, -0.2) is 0 Å². The summed E-state index contributed by atoms with van der Waals surface area (Å²) >= 11 is 0. The maximum atomic E-state index is 2.47. The molecular formula is C36H26N2. The summed E-state index contributed by atoms with van der Waals surface area (Å²) in [6.45, 7) is 0. The van der Waals surface area contributed by atoms with E-state index in [0.717, 1.165) is 12.8 Å². The maximum absolute atomic E-state index is 2.47. The number of allylic oxidation sites excluding steroid dienone is 1. The van der Waals surface area contributed by atoms with Gasteiger partial charge in [-0.05, 0) is 54.8 Å². The summed E-state index contributed by atoms with van der Waals surface area (Å²) in [7, 11) is 0. The van der Waals surface area contributed by atoms with Gasteiger partial charge in [0.05, 0.1) is 27.9 Å². The molecule has 0 aliphatic heterocycles. The number of aryl methyl sites for hydroxylation is 1.